The van der Waals surface area contributed by atoms with Crippen molar-refractivity contribution in [2.24, 2.45) is 0 Å². The fourth-order valence-corrected chi connectivity index (χ4v) is 3.45. The maximum atomic E-state index is 12.7. The lowest BCUT2D eigenvalue weighted by Crippen LogP contribution is -2.34. The van der Waals surface area contributed by atoms with E-state index in [-0.39, 0.29) is 11.7 Å². The van der Waals surface area contributed by atoms with E-state index in [1.807, 2.05) is 11.6 Å². The van der Waals surface area contributed by atoms with Gasteiger partial charge in [0, 0.05) is 24.4 Å². The molecule has 20 heavy (non-hydrogen) atoms. The van der Waals surface area contributed by atoms with Gasteiger partial charge in [-0.15, -0.1) is 0 Å². The first-order valence-corrected chi connectivity index (χ1v) is 7.80. The van der Waals surface area contributed by atoms with Gasteiger partial charge in [-0.2, -0.15) is 0 Å². The molecular formula is C16H24N2O2. The Hall–Kier alpha value is -1.13. The molecule has 1 aliphatic carbocycles. The van der Waals surface area contributed by atoms with Gasteiger partial charge < -0.3 is 14.6 Å². The van der Waals surface area contributed by atoms with Gasteiger partial charge >= 0.3 is 0 Å². The molecule has 2 heterocycles. The molecule has 1 fully saturated rings. The fourth-order valence-electron chi connectivity index (χ4n) is 3.45. The molecule has 2 aliphatic rings. The SMILES string of the molecule is CNCc1cc2c(n(CC3CCCO3)c1=O)CCCC2. The lowest BCUT2D eigenvalue weighted by Gasteiger charge is -2.24. The third kappa shape index (κ3) is 2.67. The van der Waals surface area contributed by atoms with Crippen molar-refractivity contribution in [3.63, 3.8) is 0 Å². The highest BCUT2D eigenvalue weighted by Gasteiger charge is 2.22. The summed E-state index contributed by atoms with van der Waals surface area (Å²) in [5.41, 5.74) is 3.71. The molecule has 110 valence electrons. The second-order valence-corrected chi connectivity index (χ2v) is 5.93. The summed E-state index contributed by atoms with van der Waals surface area (Å²) < 4.78 is 7.74. The minimum absolute atomic E-state index is 0.176. The van der Waals surface area contributed by atoms with Crippen LogP contribution in [0.15, 0.2) is 10.9 Å². The molecule has 0 saturated carbocycles. The summed E-state index contributed by atoms with van der Waals surface area (Å²) in [6.07, 6.45) is 7.01. The van der Waals surface area contributed by atoms with Crippen LogP contribution in [-0.2, 0) is 30.7 Å². The zero-order valence-electron chi connectivity index (χ0n) is 12.3. The maximum absolute atomic E-state index is 12.7. The predicted octanol–water partition coefficient (Wildman–Crippen LogP) is 1.63. The lowest BCUT2D eigenvalue weighted by molar-refractivity contribution is 0.0951. The Labute approximate surface area is 120 Å². The van der Waals surface area contributed by atoms with E-state index in [0.29, 0.717) is 6.54 Å². The summed E-state index contributed by atoms with van der Waals surface area (Å²) >= 11 is 0. The smallest absolute Gasteiger partial charge is 0.255 e. The Morgan fingerprint density at radius 1 is 1.35 bits per heavy atom. The van der Waals surface area contributed by atoms with Crippen molar-refractivity contribution in [3.8, 4) is 0 Å². The number of ether oxygens (including phenoxy) is 1. The van der Waals surface area contributed by atoms with Crippen molar-refractivity contribution in [3.05, 3.63) is 33.2 Å². The van der Waals surface area contributed by atoms with E-state index in [4.69, 9.17) is 4.74 Å². The Morgan fingerprint density at radius 2 is 2.20 bits per heavy atom. The van der Waals surface area contributed by atoms with Gasteiger partial charge in [0.25, 0.3) is 5.56 Å². The molecule has 0 bridgehead atoms. The minimum atomic E-state index is 0.176. The van der Waals surface area contributed by atoms with E-state index in [1.165, 1.54) is 24.1 Å². The van der Waals surface area contributed by atoms with Crippen LogP contribution in [0.2, 0.25) is 0 Å². The highest BCUT2D eigenvalue weighted by atomic mass is 16.5. The molecule has 1 N–H and O–H groups in total. The van der Waals surface area contributed by atoms with E-state index in [2.05, 4.69) is 11.4 Å². The second kappa shape index (κ2) is 6.10. The first-order chi connectivity index (χ1) is 9.79. The number of aromatic nitrogens is 1. The normalized spacial score (nSPS) is 21.9. The summed E-state index contributed by atoms with van der Waals surface area (Å²) in [7, 11) is 1.89. The number of hydrogen-bond acceptors (Lipinski definition) is 3. The standard InChI is InChI=1S/C16H24N2O2/c1-17-10-13-9-12-5-2-3-7-15(12)18(16(13)19)11-14-6-4-8-20-14/h9,14,17H,2-8,10-11H2,1H3. The number of hydrogen-bond donors (Lipinski definition) is 1. The number of fused-ring (bicyclic) bond motifs is 1. The van der Waals surface area contributed by atoms with Crippen LogP contribution in [0.5, 0.6) is 0 Å². The largest absolute Gasteiger partial charge is 0.376 e. The Balaban J connectivity index is 1.99. The minimum Gasteiger partial charge on any atom is -0.376 e. The molecule has 4 heteroatoms. The molecule has 1 aromatic rings. The van der Waals surface area contributed by atoms with E-state index in [9.17, 15) is 4.79 Å². The summed E-state index contributed by atoms with van der Waals surface area (Å²) in [5, 5.41) is 3.11. The molecule has 0 spiro atoms. The summed E-state index contributed by atoms with van der Waals surface area (Å²) in [5.74, 6) is 0. The number of nitrogens with zero attached hydrogens (tertiary/aromatic N) is 1. The zero-order valence-corrected chi connectivity index (χ0v) is 12.3. The maximum Gasteiger partial charge on any atom is 0.255 e. The number of pyridine rings is 1. The van der Waals surface area contributed by atoms with Gasteiger partial charge in [0.1, 0.15) is 0 Å². The Bertz CT molecular complexity index is 530. The van der Waals surface area contributed by atoms with E-state index >= 15 is 0 Å². The van der Waals surface area contributed by atoms with Crippen LogP contribution in [0.3, 0.4) is 0 Å². The summed E-state index contributed by atoms with van der Waals surface area (Å²) in [4.78, 5) is 12.7. The molecule has 0 amide bonds. The monoisotopic (exact) mass is 276 g/mol. The summed E-state index contributed by atoms with van der Waals surface area (Å²) in [6.45, 7) is 2.23. The number of nitrogens with one attached hydrogen (secondary N) is 1. The second-order valence-electron chi connectivity index (χ2n) is 5.93. The van der Waals surface area contributed by atoms with Crippen LogP contribution in [0.4, 0.5) is 0 Å². The van der Waals surface area contributed by atoms with Crippen molar-refractivity contribution in [2.75, 3.05) is 13.7 Å². The number of aryl methyl sites for hydroxylation is 1. The van der Waals surface area contributed by atoms with Crippen LogP contribution in [0.1, 0.15) is 42.5 Å². The van der Waals surface area contributed by atoms with Crippen molar-refractivity contribution >= 4 is 0 Å². The van der Waals surface area contributed by atoms with Gasteiger partial charge in [-0.3, -0.25) is 4.79 Å². The first-order valence-electron chi connectivity index (χ1n) is 7.80. The lowest BCUT2D eigenvalue weighted by atomic mass is 9.94. The van der Waals surface area contributed by atoms with Gasteiger partial charge in [0.2, 0.25) is 0 Å². The van der Waals surface area contributed by atoms with Gasteiger partial charge in [-0.1, -0.05) is 0 Å². The van der Waals surface area contributed by atoms with E-state index in [0.717, 1.165) is 44.4 Å². The molecule has 3 rings (SSSR count). The third-order valence-electron chi connectivity index (χ3n) is 4.45. The topological polar surface area (TPSA) is 43.3 Å². The van der Waals surface area contributed by atoms with Crippen LogP contribution in [-0.4, -0.2) is 24.3 Å². The van der Waals surface area contributed by atoms with Crippen molar-refractivity contribution < 1.29 is 4.74 Å². The molecule has 4 nitrogen and oxygen atoms in total. The van der Waals surface area contributed by atoms with Crippen LogP contribution in [0.25, 0.3) is 0 Å². The van der Waals surface area contributed by atoms with Gasteiger partial charge in [-0.05, 0) is 57.2 Å². The van der Waals surface area contributed by atoms with Crippen LogP contribution < -0.4 is 10.9 Å². The molecule has 1 unspecified atom stereocenters. The molecule has 1 saturated heterocycles. The van der Waals surface area contributed by atoms with Gasteiger partial charge in [0.05, 0.1) is 12.6 Å². The van der Waals surface area contributed by atoms with Crippen molar-refractivity contribution in [2.45, 2.75) is 57.7 Å². The Morgan fingerprint density at radius 3 is 2.95 bits per heavy atom. The summed E-state index contributed by atoms with van der Waals surface area (Å²) in [6, 6.07) is 2.12. The fraction of sp³-hybridized carbons (Fsp3) is 0.688. The average molecular weight is 276 g/mol. The number of rotatable bonds is 4. The van der Waals surface area contributed by atoms with Crippen LogP contribution in [0, 0.1) is 0 Å². The first kappa shape index (κ1) is 13.8. The van der Waals surface area contributed by atoms with E-state index in [1.54, 1.807) is 0 Å². The molecule has 0 radical (unpaired) electrons. The van der Waals surface area contributed by atoms with Gasteiger partial charge in [-0.25, -0.2) is 0 Å². The quantitative estimate of drug-likeness (QED) is 0.909. The molecule has 1 aliphatic heterocycles. The zero-order chi connectivity index (χ0) is 13.9. The highest BCUT2D eigenvalue weighted by Crippen LogP contribution is 2.22. The Kier molecular flexibility index (Phi) is 4.22. The molecule has 1 aromatic heterocycles. The average Bonchev–Trinajstić information content (AvgIpc) is 2.97. The molecular weight excluding hydrogens is 252 g/mol. The van der Waals surface area contributed by atoms with E-state index < -0.39 is 0 Å². The van der Waals surface area contributed by atoms with Crippen molar-refractivity contribution in [1.82, 2.24) is 9.88 Å². The highest BCUT2D eigenvalue weighted by molar-refractivity contribution is 5.29. The van der Waals surface area contributed by atoms with Gasteiger partial charge in [0.15, 0.2) is 0 Å². The third-order valence-corrected chi connectivity index (χ3v) is 4.45. The molecule has 0 aromatic carbocycles. The van der Waals surface area contributed by atoms with Crippen LogP contribution >= 0.6 is 0 Å². The predicted molar refractivity (Wildman–Crippen MR) is 79.1 cm³/mol. The van der Waals surface area contributed by atoms with Crippen molar-refractivity contribution in [1.29, 1.82) is 0 Å². The molecule has 1 atom stereocenters.